The maximum atomic E-state index is 12.3. The molecule has 0 heterocycles. The van der Waals surface area contributed by atoms with Crippen molar-refractivity contribution >= 4 is 27.8 Å². The van der Waals surface area contributed by atoms with Crippen LogP contribution in [0.2, 0.25) is 0 Å². The first-order valence-corrected chi connectivity index (χ1v) is 11.8. The predicted octanol–water partition coefficient (Wildman–Crippen LogP) is 3.49. The monoisotopic (exact) mass is 451 g/mol. The summed E-state index contributed by atoms with van der Waals surface area (Å²) in [6.45, 7) is 1.96. The number of benzene rings is 3. The summed E-state index contributed by atoms with van der Waals surface area (Å²) in [5, 5.41) is 3.92. The first-order chi connectivity index (χ1) is 15.3. The van der Waals surface area contributed by atoms with Crippen LogP contribution in [0.25, 0.3) is 0 Å². The highest BCUT2D eigenvalue weighted by atomic mass is 32.2. The van der Waals surface area contributed by atoms with Crippen LogP contribution in [0.1, 0.15) is 16.7 Å². The second kappa shape index (κ2) is 10.6. The molecule has 0 aliphatic heterocycles. The van der Waals surface area contributed by atoms with Gasteiger partial charge < -0.3 is 4.74 Å². The van der Waals surface area contributed by atoms with Gasteiger partial charge in [0, 0.05) is 0 Å². The van der Waals surface area contributed by atoms with Crippen LogP contribution < -0.4 is 14.5 Å². The maximum absolute atomic E-state index is 12.3. The molecule has 32 heavy (non-hydrogen) atoms. The Labute approximate surface area is 188 Å². The standard InChI is InChI=1S/C24H25N3O4S/c1-19-7-6-10-22(15-19)27(32(2,29)30)17-24(28)26-25-16-20-11-13-23(14-12-20)31-18-21-8-4-3-5-9-21/h3-16H,17-18H2,1-2H3,(H,26,28)/b25-16-. The van der Waals surface area contributed by atoms with E-state index in [-0.39, 0.29) is 6.54 Å². The van der Waals surface area contributed by atoms with Crippen LogP contribution in [0, 0.1) is 6.92 Å². The van der Waals surface area contributed by atoms with E-state index >= 15 is 0 Å². The summed E-state index contributed by atoms with van der Waals surface area (Å²) in [4.78, 5) is 12.3. The van der Waals surface area contributed by atoms with Crippen molar-refractivity contribution < 1.29 is 17.9 Å². The van der Waals surface area contributed by atoms with Gasteiger partial charge in [0.25, 0.3) is 5.91 Å². The fourth-order valence-corrected chi connectivity index (χ4v) is 3.77. The van der Waals surface area contributed by atoms with Crippen LogP contribution in [0.15, 0.2) is 84.0 Å². The van der Waals surface area contributed by atoms with E-state index in [0.29, 0.717) is 12.3 Å². The van der Waals surface area contributed by atoms with Crippen molar-refractivity contribution in [3.05, 3.63) is 95.6 Å². The second-order valence-electron chi connectivity index (χ2n) is 7.25. The molecule has 7 nitrogen and oxygen atoms in total. The number of rotatable bonds is 9. The largest absolute Gasteiger partial charge is 0.489 e. The molecule has 0 spiro atoms. The number of aryl methyl sites for hydroxylation is 1. The summed E-state index contributed by atoms with van der Waals surface area (Å²) < 4.78 is 31.1. The van der Waals surface area contributed by atoms with Gasteiger partial charge in [-0.3, -0.25) is 9.10 Å². The number of hydrogen-bond donors (Lipinski definition) is 1. The third-order valence-electron chi connectivity index (χ3n) is 4.51. The molecule has 3 aromatic carbocycles. The van der Waals surface area contributed by atoms with Crippen LogP contribution in [-0.2, 0) is 21.4 Å². The molecule has 3 rings (SSSR count). The molecule has 0 radical (unpaired) electrons. The highest BCUT2D eigenvalue weighted by Gasteiger charge is 2.20. The van der Waals surface area contributed by atoms with Crippen molar-refractivity contribution in [2.75, 3.05) is 17.1 Å². The number of carbonyl (C=O) groups is 1. The molecule has 0 unspecified atom stereocenters. The fraction of sp³-hybridized carbons (Fsp3) is 0.167. The van der Waals surface area contributed by atoms with Gasteiger partial charge in [0.2, 0.25) is 10.0 Å². The minimum absolute atomic E-state index is 0.369. The van der Waals surface area contributed by atoms with Crippen LogP contribution in [0.5, 0.6) is 5.75 Å². The Kier molecular flexibility index (Phi) is 7.62. The molecular weight excluding hydrogens is 426 g/mol. The van der Waals surface area contributed by atoms with E-state index in [1.54, 1.807) is 18.2 Å². The first kappa shape index (κ1) is 23.0. The Balaban J connectivity index is 1.54. The van der Waals surface area contributed by atoms with Gasteiger partial charge >= 0.3 is 0 Å². The summed E-state index contributed by atoms with van der Waals surface area (Å²) in [6.07, 6.45) is 2.55. The molecule has 0 aliphatic rings. The highest BCUT2D eigenvalue weighted by molar-refractivity contribution is 7.92. The van der Waals surface area contributed by atoms with Gasteiger partial charge in [-0.25, -0.2) is 13.8 Å². The van der Waals surface area contributed by atoms with Crippen LogP contribution in [0.3, 0.4) is 0 Å². The van der Waals surface area contributed by atoms with E-state index in [2.05, 4.69) is 10.5 Å². The summed E-state index contributed by atoms with van der Waals surface area (Å²) in [5.41, 5.74) is 5.53. The Bertz CT molecular complexity index is 1180. The van der Waals surface area contributed by atoms with Crippen molar-refractivity contribution in [2.45, 2.75) is 13.5 Å². The predicted molar refractivity (Wildman–Crippen MR) is 126 cm³/mol. The van der Waals surface area contributed by atoms with E-state index in [1.807, 2.05) is 67.6 Å². The topological polar surface area (TPSA) is 88.1 Å². The molecular formula is C24H25N3O4S. The smallest absolute Gasteiger partial charge is 0.260 e. The van der Waals surface area contributed by atoms with E-state index < -0.39 is 15.9 Å². The number of anilines is 1. The van der Waals surface area contributed by atoms with Crippen molar-refractivity contribution in [3.63, 3.8) is 0 Å². The Morgan fingerprint density at radius 2 is 1.75 bits per heavy atom. The van der Waals surface area contributed by atoms with E-state index in [9.17, 15) is 13.2 Å². The van der Waals surface area contributed by atoms with Crippen LogP contribution in [-0.4, -0.2) is 33.3 Å². The lowest BCUT2D eigenvalue weighted by Gasteiger charge is -2.21. The van der Waals surface area contributed by atoms with Gasteiger partial charge in [0.15, 0.2) is 0 Å². The van der Waals surface area contributed by atoms with Crippen molar-refractivity contribution in [1.29, 1.82) is 0 Å². The third kappa shape index (κ3) is 6.95. The number of nitrogens with one attached hydrogen (secondary N) is 1. The Morgan fingerprint density at radius 3 is 2.41 bits per heavy atom. The van der Waals surface area contributed by atoms with Crippen LogP contribution in [0.4, 0.5) is 5.69 Å². The molecule has 0 aliphatic carbocycles. The fourth-order valence-electron chi connectivity index (χ4n) is 2.92. The van der Waals surface area contributed by atoms with Gasteiger partial charge in [0.1, 0.15) is 18.9 Å². The molecule has 1 N–H and O–H groups in total. The molecule has 166 valence electrons. The van der Waals surface area contributed by atoms with Gasteiger partial charge in [-0.2, -0.15) is 5.10 Å². The van der Waals surface area contributed by atoms with Crippen molar-refractivity contribution in [1.82, 2.24) is 5.43 Å². The van der Waals surface area contributed by atoms with Gasteiger partial charge in [0.05, 0.1) is 18.2 Å². The third-order valence-corrected chi connectivity index (χ3v) is 5.65. The van der Waals surface area contributed by atoms with E-state index in [1.165, 1.54) is 6.21 Å². The normalized spacial score (nSPS) is 11.3. The minimum Gasteiger partial charge on any atom is -0.489 e. The second-order valence-corrected chi connectivity index (χ2v) is 9.15. The highest BCUT2D eigenvalue weighted by Crippen LogP contribution is 2.18. The summed E-state index contributed by atoms with van der Waals surface area (Å²) >= 11 is 0. The summed E-state index contributed by atoms with van der Waals surface area (Å²) in [7, 11) is -3.63. The molecule has 0 atom stereocenters. The lowest BCUT2D eigenvalue weighted by molar-refractivity contribution is -0.119. The molecule has 3 aromatic rings. The number of carbonyl (C=O) groups excluding carboxylic acids is 1. The van der Waals surface area contributed by atoms with Gasteiger partial charge in [-0.15, -0.1) is 0 Å². The first-order valence-electron chi connectivity index (χ1n) is 9.94. The molecule has 8 heteroatoms. The number of ether oxygens (including phenoxy) is 1. The van der Waals surface area contributed by atoms with Crippen molar-refractivity contribution in [2.24, 2.45) is 5.10 Å². The lowest BCUT2D eigenvalue weighted by Crippen LogP contribution is -2.39. The maximum Gasteiger partial charge on any atom is 0.260 e. The zero-order chi connectivity index (χ0) is 23.0. The molecule has 0 bridgehead atoms. The molecule has 1 amide bonds. The van der Waals surface area contributed by atoms with Crippen molar-refractivity contribution in [3.8, 4) is 5.75 Å². The number of nitrogens with zero attached hydrogens (tertiary/aromatic N) is 2. The van der Waals surface area contributed by atoms with Gasteiger partial charge in [-0.05, 0) is 60.0 Å². The lowest BCUT2D eigenvalue weighted by atomic mass is 10.2. The molecule has 0 fully saturated rings. The number of hydrazone groups is 1. The zero-order valence-electron chi connectivity index (χ0n) is 17.9. The minimum atomic E-state index is -3.63. The number of amides is 1. The molecule has 0 saturated heterocycles. The van der Waals surface area contributed by atoms with Crippen LogP contribution >= 0.6 is 0 Å². The average molecular weight is 452 g/mol. The van der Waals surface area contributed by atoms with E-state index in [0.717, 1.165) is 33.0 Å². The van der Waals surface area contributed by atoms with E-state index in [4.69, 9.17) is 4.74 Å². The number of sulfonamides is 1. The summed E-state index contributed by atoms with van der Waals surface area (Å²) in [6, 6.07) is 24.1. The quantitative estimate of drug-likeness (QED) is 0.398. The summed E-state index contributed by atoms with van der Waals surface area (Å²) in [5.74, 6) is 0.174. The molecule has 0 saturated carbocycles. The van der Waals surface area contributed by atoms with Gasteiger partial charge in [-0.1, -0.05) is 42.5 Å². The molecule has 0 aromatic heterocycles. The zero-order valence-corrected chi connectivity index (χ0v) is 18.7. The SMILES string of the molecule is Cc1cccc(N(CC(=O)N/N=C\c2ccc(OCc3ccccc3)cc2)S(C)(=O)=O)c1. The Hall–Kier alpha value is -3.65. The average Bonchev–Trinajstić information content (AvgIpc) is 2.77. The Morgan fingerprint density at radius 1 is 1.03 bits per heavy atom. The number of hydrogen-bond acceptors (Lipinski definition) is 5.